The number of ketones is 1. The van der Waals surface area contributed by atoms with Crippen molar-refractivity contribution < 1.29 is 4.79 Å². The van der Waals surface area contributed by atoms with Crippen molar-refractivity contribution in [2.24, 2.45) is 5.41 Å². The molecule has 0 aromatic heterocycles. The predicted molar refractivity (Wildman–Crippen MR) is 38.3 cm³/mol. The number of halogens is 1. The number of hydrogen-bond acceptors (Lipinski definition) is 1. The summed E-state index contributed by atoms with van der Waals surface area (Å²) in [6, 6.07) is 0. The first-order valence-electron chi connectivity index (χ1n) is 2.57. The lowest BCUT2D eigenvalue weighted by Crippen LogP contribution is -2.20. The lowest BCUT2D eigenvalue weighted by molar-refractivity contribution is -0.123. The first-order chi connectivity index (χ1) is 3.48. The van der Waals surface area contributed by atoms with Crippen LogP contribution < -0.4 is 0 Å². The van der Waals surface area contributed by atoms with Crippen molar-refractivity contribution >= 4 is 21.7 Å². The topological polar surface area (TPSA) is 17.1 Å². The molecule has 0 heterocycles. The molecule has 0 saturated carbocycles. The van der Waals surface area contributed by atoms with Crippen LogP contribution in [0.2, 0.25) is 0 Å². The van der Waals surface area contributed by atoms with Gasteiger partial charge >= 0.3 is 0 Å². The van der Waals surface area contributed by atoms with Gasteiger partial charge in [-0.3, -0.25) is 4.79 Å². The van der Waals surface area contributed by atoms with Gasteiger partial charge in [0.1, 0.15) is 5.78 Å². The molecule has 0 aliphatic carbocycles. The summed E-state index contributed by atoms with van der Waals surface area (Å²) < 4.78 is 0. The van der Waals surface area contributed by atoms with Crippen molar-refractivity contribution in [3.05, 3.63) is 0 Å². The Hall–Kier alpha value is 0.150. The van der Waals surface area contributed by atoms with Crippen LogP contribution in [0.3, 0.4) is 0 Å². The van der Waals surface area contributed by atoms with E-state index in [-0.39, 0.29) is 11.2 Å². The highest BCUT2D eigenvalue weighted by Crippen LogP contribution is 2.14. The molecular formula is C6H11BrO. The molecular weight excluding hydrogens is 170 g/mol. The third-order valence-electron chi connectivity index (χ3n) is 0.958. The third kappa shape index (κ3) is 2.46. The van der Waals surface area contributed by atoms with Crippen LogP contribution in [0.15, 0.2) is 0 Å². The van der Waals surface area contributed by atoms with E-state index >= 15 is 0 Å². The van der Waals surface area contributed by atoms with Gasteiger partial charge in [0.25, 0.3) is 0 Å². The summed E-state index contributed by atoms with van der Waals surface area (Å²) in [5, 5.41) is 0.469. The van der Waals surface area contributed by atoms with E-state index in [9.17, 15) is 4.79 Å². The molecule has 0 aromatic rings. The maximum Gasteiger partial charge on any atom is 0.148 e. The van der Waals surface area contributed by atoms with E-state index in [1.807, 2.05) is 20.8 Å². The Morgan fingerprint density at radius 1 is 1.50 bits per heavy atom. The number of Topliss-reactive ketones (excluding diaryl/α,β-unsaturated/α-hetero) is 1. The van der Waals surface area contributed by atoms with Gasteiger partial charge in [-0.25, -0.2) is 0 Å². The van der Waals surface area contributed by atoms with Crippen molar-refractivity contribution in [2.75, 3.05) is 5.33 Å². The van der Waals surface area contributed by atoms with Crippen LogP contribution in [-0.4, -0.2) is 11.1 Å². The normalized spacial score (nSPS) is 11.5. The quantitative estimate of drug-likeness (QED) is 0.565. The summed E-state index contributed by atoms with van der Waals surface area (Å²) in [6.07, 6.45) is 0. The molecule has 0 spiro atoms. The Balaban J connectivity index is 3.82. The highest BCUT2D eigenvalue weighted by molar-refractivity contribution is 9.09. The molecule has 0 radical (unpaired) electrons. The minimum absolute atomic E-state index is 0.177. The highest BCUT2D eigenvalue weighted by Gasteiger charge is 2.18. The van der Waals surface area contributed by atoms with Gasteiger partial charge in [0.05, 0.1) is 5.33 Å². The number of carbonyl (C=O) groups excluding carboxylic acids is 1. The van der Waals surface area contributed by atoms with Gasteiger partial charge in [0.15, 0.2) is 0 Å². The second-order valence-corrected chi connectivity index (χ2v) is 3.37. The van der Waals surface area contributed by atoms with Gasteiger partial charge in [-0.05, 0) is 0 Å². The van der Waals surface area contributed by atoms with Gasteiger partial charge in [0.2, 0.25) is 0 Å². The average molecular weight is 181 g/mol. The van der Waals surface area contributed by atoms with Crippen molar-refractivity contribution in [1.29, 1.82) is 0 Å². The standard InChI is InChI=1S/C6H11BrO/c1-6(2,3)5(8)4-7/h4H2,1-3H3/i5+2. The molecule has 1 nitrogen and oxygen atoms in total. The lowest BCUT2D eigenvalue weighted by Gasteiger charge is -2.13. The second kappa shape index (κ2) is 2.62. The summed E-state index contributed by atoms with van der Waals surface area (Å²) in [5.74, 6) is 0.248. The van der Waals surface area contributed by atoms with E-state index in [1.54, 1.807) is 0 Å². The van der Waals surface area contributed by atoms with Gasteiger partial charge in [-0.1, -0.05) is 36.7 Å². The van der Waals surface area contributed by atoms with Gasteiger partial charge < -0.3 is 0 Å². The number of hydrogen-bond donors (Lipinski definition) is 0. The molecule has 8 heavy (non-hydrogen) atoms. The number of alkyl halides is 1. The summed E-state index contributed by atoms with van der Waals surface area (Å²) in [5.41, 5.74) is -0.177. The molecule has 0 saturated heterocycles. The van der Waals surface area contributed by atoms with Crippen LogP contribution in [0.5, 0.6) is 0 Å². The van der Waals surface area contributed by atoms with Crippen LogP contribution in [-0.2, 0) is 4.79 Å². The SMILES string of the molecule is CC(C)(C)[14C](=O)CBr. The number of rotatable bonds is 1. The maximum atomic E-state index is 10.8. The van der Waals surface area contributed by atoms with Crippen molar-refractivity contribution in [1.82, 2.24) is 0 Å². The Morgan fingerprint density at radius 3 is 1.88 bits per heavy atom. The van der Waals surface area contributed by atoms with Gasteiger partial charge in [-0.2, -0.15) is 0 Å². The van der Waals surface area contributed by atoms with E-state index in [0.717, 1.165) is 0 Å². The molecule has 0 fully saturated rings. The molecule has 0 rings (SSSR count). The van der Waals surface area contributed by atoms with E-state index < -0.39 is 0 Å². The third-order valence-corrected chi connectivity index (χ3v) is 1.47. The van der Waals surface area contributed by atoms with Crippen molar-refractivity contribution in [3.8, 4) is 0 Å². The van der Waals surface area contributed by atoms with Crippen LogP contribution in [0.25, 0.3) is 0 Å². The fraction of sp³-hybridized carbons (Fsp3) is 0.833. The van der Waals surface area contributed by atoms with E-state index in [1.165, 1.54) is 0 Å². The van der Waals surface area contributed by atoms with Crippen LogP contribution in [0.4, 0.5) is 0 Å². The summed E-state index contributed by atoms with van der Waals surface area (Å²) in [4.78, 5) is 10.8. The van der Waals surface area contributed by atoms with E-state index in [0.29, 0.717) is 5.33 Å². The van der Waals surface area contributed by atoms with Crippen LogP contribution in [0, 0.1) is 5.41 Å². The number of carbonyl (C=O) groups is 1. The molecule has 0 aliphatic rings. The monoisotopic (exact) mass is 180 g/mol. The second-order valence-electron chi connectivity index (χ2n) is 2.81. The largest absolute Gasteiger partial charge is 0.298 e. The van der Waals surface area contributed by atoms with Gasteiger partial charge in [0, 0.05) is 5.41 Å². The Labute approximate surface area is 58.6 Å². The Bertz CT molecular complexity index is 91.2. The predicted octanol–water partition coefficient (Wildman–Crippen LogP) is 2.00. The zero-order valence-corrected chi connectivity index (χ0v) is 7.08. The van der Waals surface area contributed by atoms with E-state index in [4.69, 9.17) is 0 Å². The van der Waals surface area contributed by atoms with Crippen LogP contribution in [0.1, 0.15) is 20.8 Å². The molecule has 0 atom stereocenters. The summed E-state index contributed by atoms with van der Waals surface area (Å²) >= 11 is 3.10. The van der Waals surface area contributed by atoms with Gasteiger partial charge in [-0.15, -0.1) is 0 Å². The molecule has 0 N–H and O–H groups in total. The average Bonchev–Trinajstić information content (AvgIpc) is 1.62. The summed E-state index contributed by atoms with van der Waals surface area (Å²) in [6.45, 7) is 5.74. The maximum absolute atomic E-state index is 10.8. The molecule has 0 bridgehead atoms. The zero-order chi connectivity index (χ0) is 6.78. The van der Waals surface area contributed by atoms with Crippen molar-refractivity contribution in [2.45, 2.75) is 20.8 Å². The molecule has 2 heteroatoms. The fourth-order valence-corrected chi connectivity index (χ4v) is 1.04. The Kier molecular flexibility index (Phi) is 2.67. The zero-order valence-electron chi connectivity index (χ0n) is 5.49. The first-order valence-corrected chi connectivity index (χ1v) is 3.70. The van der Waals surface area contributed by atoms with Crippen LogP contribution >= 0.6 is 15.9 Å². The van der Waals surface area contributed by atoms with E-state index in [2.05, 4.69) is 15.9 Å². The summed E-state index contributed by atoms with van der Waals surface area (Å²) in [7, 11) is 0. The molecule has 0 amide bonds. The van der Waals surface area contributed by atoms with Crippen molar-refractivity contribution in [3.63, 3.8) is 0 Å². The smallest absolute Gasteiger partial charge is 0.148 e. The lowest BCUT2D eigenvalue weighted by atomic mass is 10.1. The first kappa shape index (κ1) is 8.15. The fourth-order valence-electron chi connectivity index (χ4n) is 0.200. The molecule has 0 aromatic carbocycles. The molecule has 48 valence electrons. The molecule has 0 unspecified atom stereocenters. The molecule has 0 aliphatic heterocycles. The Morgan fingerprint density at radius 2 is 1.88 bits per heavy atom. The highest BCUT2D eigenvalue weighted by atomic mass is 79.9. The minimum atomic E-state index is -0.177. The minimum Gasteiger partial charge on any atom is -0.298 e.